The molecule has 0 aliphatic carbocycles. The minimum absolute atomic E-state index is 0.172. The van der Waals surface area contributed by atoms with Crippen LogP contribution in [0.25, 0.3) is 34.0 Å². The van der Waals surface area contributed by atoms with Gasteiger partial charge < -0.3 is 14.4 Å². The summed E-state index contributed by atoms with van der Waals surface area (Å²) in [6, 6.07) is 18.7. The van der Waals surface area contributed by atoms with Gasteiger partial charge >= 0.3 is 5.97 Å². The molecule has 4 aromatic rings. The van der Waals surface area contributed by atoms with Crippen LogP contribution in [0.15, 0.2) is 65.2 Å². The summed E-state index contributed by atoms with van der Waals surface area (Å²) in [6.07, 6.45) is 0. The molecular weight excluding hydrogens is 449 g/mol. The van der Waals surface area contributed by atoms with Crippen molar-refractivity contribution in [2.45, 2.75) is 20.1 Å². The van der Waals surface area contributed by atoms with E-state index in [1.165, 1.54) is 11.0 Å². The van der Waals surface area contributed by atoms with Crippen LogP contribution in [-0.2, 0) is 22.7 Å². The van der Waals surface area contributed by atoms with Crippen LogP contribution >= 0.6 is 0 Å². The molecule has 7 nitrogen and oxygen atoms in total. The van der Waals surface area contributed by atoms with E-state index in [-0.39, 0.29) is 18.9 Å². The number of ether oxygens (including phenoxy) is 1. The third-order valence-electron chi connectivity index (χ3n) is 5.67. The molecule has 8 heteroatoms. The maximum Gasteiger partial charge on any atom is 0.317 e. The summed E-state index contributed by atoms with van der Waals surface area (Å²) in [4.78, 5) is 16.8. The second-order valence-electron chi connectivity index (χ2n) is 8.42. The Balaban J connectivity index is 1.60. The van der Waals surface area contributed by atoms with Crippen LogP contribution in [0, 0.1) is 12.7 Å². The molecule has 0 unspecified atom stereocenters. The van der Waals surface area contributed by atoms with Crippen molar-refractivity contribution in [1.82, 2.24) is 15.0 Å². The predicted octanol–water partition coefficient (Wildman–Crippen LogP) is 5.18. The number of nitrogens with zero attached hydrogens (tertiary/aromatic N) is 3. The van der Waals surface area contributed by atoms with E-state index in [0.717, 1.165) is 27.8 Å². The van der Waals surface area contributed by atoms with Crippen molar-refractivity contribution in [2.75, 3.05) is 20.7 Å². The van der Waals surface area contributed by atoms with Crippen molar-refractivity contribution < 1.29 is 23.6 Å². The summed E-state index contributed by atoms with van der Waals surface area (Å²) in [5.74, 6) is -0.847. The van der Waals surface area contributed by atoms with Crippen LogP contribution in [0.4, 0.5) is 4.39 Å². The number of carboxylic acid groups (broad SMARTS) is 1. The fraction of sp³-hybridized carbons (Fsp3) is 0.222. The van der Waals surface area contributed by atoms with Gasteiger partial charge in [-0.2, -0.15) is 4.98 Å². The molecular formula is C27H26FN3O4. The number of hydrogen-bond donors (Lipinski definition) is 1. The lowest BCUT2D eigenvalue weighted by molar-refractivity contribution is -0.138. The number of carboxylic acids is 1. The van der Waals surface area contributed by atoms with E-state index >= 15 is 0 Å². The first-order valence-electron chi connectivity index (χ1n) is 11.1. The Labute approximate surface area is 202 Å². The normalized spacial score (nSPS) is 11.2. The number of carbonyl (C=O) groups is 1. The van der Waals surface area contributed by atoms with E-state index in [9.17, 15) is 9.18 Å². The molecule has 4 rings (SSSR count). The monoisotopic (exact) mass is 475 g/mol. The molecule has 0 fully saturated rings. The summed E-state index contributed by atoms with van der Waals surface area (Å²) in [5.41, 5.74) is 5.94. The summed E-state index contributed by atoms with van der Waals surface area (Å²) in [6.45, 7) is 2.48. The first-order chi connectivity index (χ1) is 16.9. The SMILES string of the molecule is COCc1cc(-c2nc(-c3ccc(CN(C)CC(=O)O)c(F)c3)no2)ccc1-c1ccccc1C. The Morgan fingerprint density at radius 1 is 1.06 bits per heavy atom. The van der Waals surface area contributed by atoms with E-state index in [4.69, 9.17) is 14.4 Å². The molecule has 35 heavy (non-hydrogen) atoms. The van der Waals surface area contributed by atoms with E-state index in [1.54, 1.807) is 26.3 Å². The van der Waals surface area contributed by atoms with Gasteiger partial charge in [-0.05, 0) is 54.4 Å². The molecule has 180 valence electrons. The van der Waals surface area contributed by atoms with Gasteiger partial charge in [-0.15, -0.1) is 0 Å². The van der Waals surface area contributed by atoms with Gasteiger partial charge in [0.1, 0.15) is 5.82 Å². The first-order valence-corrected chi connectivity index (χ1v) is 11.1. The number of benzene rings is 3. The van der Waals surface area contributed by atoms with Crippen LogP contribution in [-0.4, -0.2) is 46.8 Å². The van der Waals surface area contributed by atoms with Gasteiger partial charge in [0.05, 0.1) is 13.2 Å². The smallest absolute Gasteiger partial charge is 0.317 e. The Hall–Kier alpha value is -3.88. The van der Waals surface area contributed by atoms with Crippen molar-refractivity contribution >= 4 is 5.97 Å². The van der Waals surface area contributed by atoms with Crippen molar-refractivity contribution in [1.29, 1.82) is 0 Å². The maximum absolute atomic E-state index is 14.7. The lowest BCUT2D eigenvalue weighted by Crippen LogP contribution is -2.25. The quantitative estimate of drug-likeness (QED) is 0.357. The fourth-order valence-corrected chi connectivity index (χ4v) is 3.99. The summed E-state index contributed by atoms with van der Waals surface area (Å²) >= 11 is 0. The van der Waals surface area contributed by atoms with Gasteiger partial charge in [0.15, 0.2) is 0 Å². The Morgan fingerprint density at radius 3 is 2.54 bits per heavy atom. The summed E-state index contributed by atoms with van der Waals surface area (Å²) in [5, 5.41) is 12.9. The largest absolute Gasteiger partial charge is 0.480 e. The Bertz CT molecular complexity index is 1350. The number of aromatic nitrogens is 2. The fourth-order valence-electron chi connectivity index (χ4n) is 3.99. The molecule has 0 amide bonds. The molecule has 1 heterocycles. The average Bonchev–Trinajstić information content (AvgIpc) is 3.31. The maximum atomic E-state index is 14.7. The number of methoxy groups -OCH3 is 1. The molecule has 0 spiro atoms. The number of aliphatic carboxylic acids is 1. The molecule has 0 bridgehead atoms. The van der Waals surface area contributed by atoms with E-state index < -0.39 is 11.8 Å². The standard InChI is InChI=1S/C27H26FN3O4/c1-17-6-4-5-7-22(17)23-11-10-19(12-21(23)16-34-3)27-29-26(30-35-27)18-8-9-20(24(28)13-18)14-31(2)15-25(32)33/h4-13H,14-16H2,1-3H3,(H,32,33). The average molecular weight is 476 g/mol. The minimum atomic E-state index is -0.968. The van der Waals surface area contributed by atoms with Gasteiger partial charge in [-0.25, -0.2) is 4.39 Å². The van der Waals surface area contributed by atoms with Crippen molar-refractivity contribution in [2.24, 2.45) is 0 Å². The van der Waals surface area contributed by atoms with Crippen LogP contribution < -0.4 is 0 Å². The zero-order valence-corrected chi connectivity index (χ0v) is 19.8. The lowest BCUT2D eigenvalue weighted by Gasteiger charge is -2.14. The van der Waals surface area contributed by atoms with Gasteiger partial charge in [-0.1, -0.05) is 47.6 Å². The number of rotatable bonds is 9. The molecule has 0 saturated carbocycles. The molecule has 1 aromatic heterocycles. The highest BCUT2D eigenvalue weighted by Gasteiger charge is 2.16. The highest BCUT2D eigenvalue weighted by atomic mass is 19.1. The molecule has 0 radical (unpaired) electrons. The lowest BCUT2D eigenvalue weighted by atomic mass is 9.94. The zero-order chi connectivity index (χ0) is 24.9. The Morgan fingerprint density at radius 2 is 1.83 bits per heavy atom. The number of aryl methyl sites for hydroxylation is 1. The third kappa shape index (κ3) is 5.62. The summed E-state index contributed by atoms with van der Waals surface area (Å²) < 4.78 is 25.6. The van der Waals surface area contributed by atoms with Crippen molar-refractivity contribution in [3.8, 4) is 34.0 Å². The second kappa shape index (κ2) is 10.6. The first kappa shape index (κ1) is 24.3. The van der Waals surface area contributed by atoms with E-state index in [0.29, 0.717) is 23.6 Å². The highest BCUT2D eigenvalue weighted by molar-refractivity contribution is 5.74. The topological polar surface area (TPSA) is 88.7 Å². The van der Waals surface area contributed by atoms with Crippen LogP contribution in [0.3, 0.4) is 0 Å². The molecule has 0 saturated heterocycles. The molecule has 3 aromatic carbocycles. The van der Waals surface area contributed by atoms with Gasteiger partial charge in [0.2, 0.25) is 5.82 Å². The molecule has 0 aliphatic heterocycles. The van der Waals surface area contributed by atoms with E-state index in [2.05, 4.69) is 29.2 Å². The third-order valence-corrected chi connectivity index (χ3v) is 5.67. The van der Waals surface area contributed by atoms with Gasteiger partial charge in [0.25, 0.3) is 5.89 Å². The number of hydrogen-bond acceptors (Lipinski definition) is 6. The number of likely N-dealkylation sites (N-methyl/N-ethyl adjacent to an activating group) is 1. The van der Waals surface area contributed by atoms with Gasteiger partial charge in [-0.3, -0.25) is 9.69 Å². The summed E-state index contributed by atoms with van der Waals surface area (Å²) in [7, 11) is 3.27. The highest BCUT2D eigenvalue weighted by Crippen LogP contribution is 2.32. The van der Waals surface area contributed by atoms with Crippen LogP contribution in [0.5, 0.6) is 0 Å². The van der Waals surface area contributed by atoms with Crippen molar-refractivity contribution in [3.05, 3.63) is 83.2 Å². The second-order valence-corrected chi connectivity index (χ2v) is 8.42. The van der Waals surface area contributed by atoms with Crippen LogP contribution in [0.2, 0.25) is 0 Å². The molecule has 1 N–H and O–H groups in total. The Kier molecular flexibility index (Phi) is 7.33. The molecule has 0 aliphatic rings. The van der Waals surface area contributed by atoms with Crippen molar-refractivity contribution in [3.63, 3.8) is 0 Å². The zero-order valence-electron chi connectivity index (χ0n) is 19.8. The molecule has 0 atom stereocenters. The minimum Gasteiger partial charge on any atom is -0.480 e. The van der Waals surface area contributed by atoms with E-state index in [1.807, 2.05) is 30.3 Å². The van der Waals surface area contributed by atoms with Gasteiger partial charge in [0, 0.05) is 30.3 Å². The number of halogens is 1. The predicted molar refractivity (Wildman–Crippen MR) is 130 cm³/mol. The van der Waals surface area contributed by atoms with Crippen LogP contribution in [0.1, 0.15) is 16.7 Å².